The minimum absolute atomic E-state index is 0.0559. The average molecular weight is 224 g/mol. The van der Waals surface area contributed by atoms with Crippen molar-refractivity contribution in [1.82, 2.24) is 10.2 Å². The summed E-state index contributed by atoms with van der Waals surface area (Å²) in [4.78, 5) is 1.56. The molecule has 1 N–H and O–H groups in total. The van der Waals surface area contributed by atoms with Crippen LogP contribution in [0.15, 0.2) is 0 Å². The van der Waals surface area contributed by atoms with Crippen LogP contribution in [0.25, 0.3) is 0 Å². The monoisotopic (exact) mass is 224 g/mol. The third kappa shape index (κ3) is 4.84. The SMILES string of the molecule is CCNCC1CCCCN1CC(F)(F)F. The smallest absolute Gasteiger partial charge is 0.315 e. The third-order valence-corrected chi connectivity index (χ3v) is 2.76. The fourth-order valence-corrected chi connectivity index (χ4v) is 2.04. The molecule has 0 saturated carbocycles. The molecule has 1 aliphatic heterocycles. The molecule has 0 amide bonds. The van der Waals surface area contributed by atoms with Crippen LogP contribution in [0.5, 0.6) is 0 Å². The summed E-state index contributed by atoms with van der Waals surface area (Å²) in [5.74, 6) is 0. The maximum absolute atomic E-state index is 12.3. The molecule has 0 radical (unpaired) electrons. The fourth-order valence-electron chi connectivity index (χ4n) is 2.04. The van der Waals surface area contributed by atoms with E-state index in [4.69, 9.17) is 0 Å². The molecule has 0 aromatic rings. The summed E-state index contributed by atoms with van der Waals surface area (Å²) in [5.41, 5.74) is 0. The Hall–Kier alpha value is -0.290. The van der Waals surface area contributed by atoms with E-state index >= 15 is 0 Å². The van der Waals surface area contributed by atoms with Crippen molar-refractivity contribution in [2.75, 3.05) is 26.2 Å². The van der Waals surface area contributed by atoms with Crippen molar-refractivity contribution < 1.29 is 13.2 Å². The highest BCUT2D eigenvalue weighted by Gasteiger charge is 2.34. The first kappa shape index (κ1) is 12.8. The molecule has 1 rings (SSSR count). The largest absolute Gasteiger partial charge is 0.401 e. The van der Waals surface area contributed by atoms with Gasteiger partial charge < -0.3 is 5.32 Å². The van der Waals surface area contributed by atoms with Gasteiger partial charge >= 0.3 is 6.18 Å². The molecule has 2 nitrogen and oxygen atoms in total. The molecule has 1 heterocycles. The number of piperidine rings is 1. The standard InChI is InChI=1S/C10H19F3N2/c1-2-14-7-9-5-3-4-6-15(9)8-10(11,12)13/h9,14H,2-8H2,1H3. The Balaban J connectivity index is 2.42. The Morgan fingerprint density at radius 2 is 2.07 bits per heavy atom. The lowest BCUT2D eigenvalue weighted by molar-refractivity contribution is -0.153. The number of rotatable bonds is 4. The number of hydrogen-bond donors (Lipinski definition) is 1. The highest BCUT2D eigenvalue weighted by Crippen LogP contribution is 2.23. The maximum atomic E-state index is 12.3. The molecule has 1 unspecified atom stereocenters. The molecule has 15 heavy (non-hydrogen) atoms. The molecule has 1 aliphatic rings. The molecular weight excluding hydrogens is 205 g/mol. The third-order valence-electron chi connectivity index (χ3n) is 2.76. The van der Waals surface area contributed by atoms with Crippen LogP contribution in [0, 0.1) is 0 Å². The summed E-state index contributed by atoms with van der Waals surface area (Å²) in [7, 11) is 0. The zero-order chi connectivity index (χ0) is 11.3. The molecule has 1 fully saturated rings. The van der Waals surface area contributed by atoms with E-state index in [1.165, 1.54) is 0 Å². The van der Waals surface area contributed by atoms with Crippen LogP contribution in [0.1, 0.15) is 26.2 Å². The fraction of sp³-hybridized carbons (Fsp3) is 1.00. The van der Waals surface area contributed by atoms with E-state index < -0.39 is 12.7 Å². The van der Waals surface area contributed by atoms with Gasteiger partial charge in [0.1, 0.15) is 0 Å². The first-order valence-electron chi connectivity index (χ1n) is 5.54. The van der Waals surface area contributed by atoms with Crippen molar-refractivity contribution >= 4 is 0 Å². The Bertz CT molecular complexity index is 182. The molecule has 90 valence electrons. The predicted molar refractivity (Wildman–Crippen MR) is 53.8 cm³/mol. The first-order valence-corrected chi connectivity index (χ1v) is 5.54. The van der Waals surface area contributed by atoms with Crippen LogP contribution in [0.3, 0.4) is 0 Å². The van der Waals surface area contributed by atoms with E-state index in [0.29, 0.717) is 13.1 Å². The van der Waals surface area contributed by atoms with Crippen molar-refractivity contribution in [3.63, 3.8) is 0 Å². The molecule has 0 spiro atoms. The summed E-state index contributed by atoms with van der Waals surface area (Å²) in [6.45, 7) is 3.28. The van der Waals surface area contributed by atoms with Crippen molar-refractivity contribution in [2.45, 2.75) is 38.4 Å². The van der Waals surface area contributed by atoms with Gasteiger partial charge in [0.25, 0.3) is 0 Å². The summed E-state index contributed by atoms with van der Waals surface area (Å²) < 4.78 is 36.8. The van der Waals surface area contributed by atoms with E-state index in [1.54, 1.807) is 4.90 Å². The summed E-state index contributed by atoms with van der Waals surface area (Å²) in [5, 5.41) is 3.12. The van der Waals surface area contributed by atoms with E-state index in [1.807, 2.05) is 6.92 Å². The predicted octanol–water partition coefficient (Wildman–Crippen LogP) is 2.01. The molecule has 0 aromatic carbocycles. The Labute approximate surface area is 88.8 Å². The number of halogens is 3. The van der Waals surface area contributed by atoms with Gasteiger partial charge in [0.15, 0.2) is 0 Å². The van der Waals surface area contributed by atoms with Gasteiger partial charge in [-0.2, -0.15) is 13.2 Å². The lowest BCUT2D eigenvalue weighted by Gasteiger charge is -2.36. The van der Waals surface area contributed by atoms with E-state index in [-0.39, 0.29) is 6.04 Å². The second kappa shape index (κ2) is 5.70. The molecule has 0 aromatic heterocycles. The van der Waals surface area contributed by atoms with E-state index in [0.717, 1.165) is 25.8 Å². The Kier molecular flexibility index (Phi) is 4.86. The molecule has 0 aliphatic carbocycles. The molecule has 5 heteroatoms. The lowest BCUT2D eigenvalue weighted by atomic mass is 10.0. The van der Waals surface area contributed by atoms with Crippen LogP contribution < -0.4 is 5.32 Å². The second-order valence-corrected chi connectivity index (χ2v) is 4.04. The summed E-state index contributed by atoms with van der Waals surface area (Å²) in [6, 6.07) is 0.0559. The molecule has 1 saturated heterocycles. The van der Waals surface area contributed by atoms with E-state index in [9.17, 15) is 13.2 Å². The molecule has 1 atom stereocenters. The number of nitrogens with one attached hydrogen (secondary N) is 1. The zero-order valence-electron chi connectivity index (χ0n) is 9.11. The summed E-state index contributed by atoms with van der Waals surface area (Å²) in [6.07, 6.45) is -1.26. The second-order valence-electron chi connectivity index (χ2n) is 4.04. The van der Waals surface area contributed by atoms with Gasteiger partial charge in [0.05, 0.1) is 6.54 Å². The van der Waals surface area contributed by atoms with Gasteiger partial charge in [0, 0.05) is 12.6 Å². The highest BCUT2D eigenvalue weighted by molar-refractivity contribution is 4.80. The zero-order valence-corrected chi connectivity index (χ0v) is 9.11. The Morgan fingerprint density at radius 1 is 1.33 bits per heavy atom. The molecule has 0 bridgehead atoms. The van der Waals surface area contributed by atoms with Gasteiger partial charge in [-0.05, 0) is 25.9 Å². The van der Waals surface area contributed by atoms with Crippen LogP contribution >= 0.6 is 0 Å². The Morgan fingerprint density at radius 3 is 2.67 bits per heavy atom. The lowest BCUT2D eigenvalue weighted by Crippen LogP contribution is -2.49. The highest BCUT2D eigenvalue weighted by atomic mass is 19.4. The maximum Gasteiger partial charge on any atom is 0.401 e. The first-order chi connectivity index (χ1) is 7.03. The minimum atomic E-state index is -4.07. The topological polar surface area (TPSA) is 15.3 Å². The van der Waals surface area contributed by atoms with Crippen molar-refractivity contribution in [2.24, 2.45) is 0 Å². The van der Waals surface area contributed by atoms with Crippen LogP contribution in [-0.4, -0.2) is 43.3 Å². The van der Waals surface area contributed by atoms with Crippen LogP contribution in [0.4, 0.5) is 13.2 Å². The van der Waals surface area contributed by atoms with Gasteiger partial charge in [-0.15, -0.1) is 0 Å². The van der Waals surface area contributed by atoms with Crippen LogP contribution in [-0.2, 0) is 0 Å². The average Bonchev–Trinajstić information content (AvgIpc) is 2.14. The number of hydrogen-bond acceptors (Lipinski definition) is 2. The van der Waals surface area contributed by atoms with Crippen molar-refractivity contribution in [3.05, 3.63) is 0 Å². The molecular formula is C10H19F3N2. The van der Waals surface area contributed by atoms with E-state index in [2.05, 4.69) is 5.32 Å². The van der Waals surface area contributed by atoms with Gasteiger partial charge in [-0.25, -0.2) is 0 Å². The normalized spacial score (nSPS) is 24.4. The number of likely N-dealkylation sites (tertiary alicyclic amines) is 1. The summed E-state index contributed by atoms with van der Waals surface area (Å²) >= 11 is 0. The quantitative estimate of drug-likeness (QED) is 0.786. The number of likely N-dealkylation sites (N-methyl/N-ethyl adjacent to an activating group) is 1. The van der Waals surface area contributed by atoms with Crippen molar-refractivity contribution in [1.29, 1.82) is 0 Å². The van der Waals surface area contributed by atoms with Crippen LogP contribution in [0.2, 0.25) is 0 Å². The van der Waals surface area contributed by atoms with Gasteiger partial charge in [0.2, 0.25) is 0 Å². The van der Waals surface area contributed by atoms with Crippen molar-refractivity contribution in [3.8, 4) is 0 Å². The number of alkyl halides is 3. The van der Waals surface area contributed by atoms with Gasteiger partial charge in [-0.3, -0.25) is 4.90 Å². The minimum Gasteiger partial charge on any atom is -0.315 e. The van der Waals surface area contributed by atoms with Gasteiger partial charge in [-0.1, -0.05) is 13.3 Å². The number of nitrogens with zero attached hydrogens (tertiary/aromatic N) is 1.